The highest BCUT2D eigenvalue weighted by Crippen LogP contribution is 2.45. The molecule has 636 valence electrons. The number of carbonyl (C=O) groups excluding carboxylic acids is 4. The molecule has 0 saturated heterocycles. The van der Waals surface area contributed by atoms with Gasteiger partial charge in [-0.2, -0.15) is 0 Å². The number of aliphatic hydroxyl groups excluding tert-OH is 1. The quantitative estimate of drug-likeness (QED) is 0.0222. The van der Waals surface area contributed by atoms with E-state index in [1.165, 1.54) is 263 Å². The van der Waals surface area contributed by atoms with Crippen LogP contribution in [0.4, 0.5) is 0 Å². The molecular weight excluding hydrogens is 1390 g/mol. The van der Waals surface area contributed by atoms with E-state index >= 15 is 0 Å². The predicted molar refractivity (Wildman–Crippen MR) is 441 cm³/mol. The Morgan fingerprint density at radius 3 is 0.664 bits per heavy atom. The lowest BCUT2D eigenvalue weighted by atomic mass is 9.99. The minimum atomic E-state index is -4.97. The van der Waals surface area contributed by atoms with Gasteiger partial charge in [-0.1, -0.05) is 409 Å². The van der Waals surface area contributed by atoms with Crippen LogP contribution >= 0.6 is 15.6 Å². The van der Waals surface area contributed by atoms with Crippen LogP contribution in [0.5, 0.6) is 0 Å². The number of phosphoric acid groups is 2. The molecule has 0 fully saturated rings. The molecule has 0 aliphatic carbocycles. The summed E-state index contributed by atoms with van der Waals surface area (Å²) in [5.74, 6) is 1.10. The Bertz CT molecular complexity index is 2080. The van der Waals surface area contributed by atoms with Crippen LogP contribution in [0, 0.1) is 23.7 Å². The number of phosphoric ester groups is 2. The zero-order valence-electron chi connectivity index (χ0n) is 70.8. The van der Waals surface area contributed by atoms with Crippen LogP contribution in [0.15, 0.2) is 0 Å². The molecular formula is C88H172O17P2. The zero-order valence-corrected chi connectivity index (χ0v) is 72.6. The third-order valence-corrected chi connectivity index (χ3v) is 23.2. The van der Waals surface area contributed by atoms with Crippen LogP contribution in [0.1, 0.15) is 460 Å². The van der Waals surface area contributed by atoms with Gasteiger partial charge >= 0.3 is 39.5 Å². The fourth-order valence-corrected chi connectivity index (χ4v) is 15.2. The fourth-order valence-electron chi connectivity index (χ4n) is 13.6. The number of unbranched alkanes of at least 4 members (excludes halogenated alkanes) is 49. The molecule has 107 heavy (non-hydrogen) atoms. The molecule has 0 aromatic heterocycles. The standard InChI is InChI=1S/C88H172O17P2/c1-9-80(7)66-58-50-42-34-28-24-20-16-12-14-18-22-26-30-36-46-54-62-70-87(92)104-83(74-98-85(90)68-60-52-44-35-29-25-21-17-13-11-15-19-23-27-32-40-48-56-64-78(3)4)76-102-106(94,95)100-72-82(89)73-101-107(96,97)103-77-84(105-88(93)71-63-55-47-37-31-33-41-49-57-65-79(5)6)75-99-86(91)69-61-53-45-39-38-43-51-59-67-81(8)10-2/h78-84,89H,9-77H2,1-8H3,(H,94,95)(H,96,97)/t80?,81?,82-,83-,84-/m1/s1. The van der Waals surface area contributed by atoms with Crippen molar-refractivity contribution in [3.63, 3.8) is 0 Å². The smallest absolute Gasteiger partial charge is 0.462 e. The molecule has 0 aliphatic rings. The Labute approximate surface area is 658 Å². The summed E-state index contributed by atoms with van der Waals surface area (Å²) in [7, 11) is -9.93. The predicted octanol–water partition coefficient (Wildman–Crippen LogP) is 26.7. The average molecular weight is 1560 g/mol. The van der Waals surface area contributed by atoms with Crippen molar-refractivity contribution in [2.24, 2.45) is 23.7 Å². The van der Waals surface area contributed by atoms with Gasteiger partial charge in [0.15, 0.2) is 12.2 Å². The Hall–Kier alpha value is -1.94. The Balaban J connectivity index is 5.22. The minimum Gasteiger partial charge on any atom is -0.462 e. The van der Waals surface area contributed by atoms with Gasteiger partial charge in [-0.15, -0.1) is 0 Å². The van der Waals surface area contributed by atoms with Crippen molar-refractivity contribution in [2.75, 3.05) is 39.6 Å². The van der Waals surface area contributed by atoms with Crippen LogP contribution in [0.25, 0.3) is 0 Å². The second-order valence-corrected chi connectivity index (χ2v) is 36.0. The number of hydrogen-bond donors (Lipinski definition) is 3. The molecule has 3 N–H and O–H groups in total. The Kier molecular flexibility index (Phi) is 75.3. The maximum atomic E-state index is 13.2. The molecule has 4 unspecified atom stereocenters. The molecule has 0 heterocycles. The maximum absolute atomic E-state index is 13.2. The summed E-state index contributed by atoms with van der Waals surface area (Å²) in [4.78, 5) is 73.3. The lowest BCUT2D eigenvalue weighted by Gasteiger charge is -2.21. The largest absolute Gasteiger partial charge is 0.472 e. The van der Waals surface area contributed by atoms with E-state index in [1.807, 2.05) is 0 Å². The second-order valence-electron chi connectivity index (χ2n) is 33.1. The van der Waals surface area contributed by atoms with Gasteiger partial charge in [-0.3, -0.25) is 37.3 Å². The number of hydrogen-bond acceptors (Lipinski definition) is 15. The van der Waals surface area contributed by atoms with Crippen LogP contribution in [0.2, 0.25) is 0 Å². The fraction of sp³-hybridized carbons (Fsp3) is 0.955. The van der Waals surface area contributed by atoms with Crippen molar-refractivity contribution < 1.29 is 80.2 Å². The molecule has 0 aliphatic heterocycles. The monoisotopic (exact) mass is 1560 g/mol. The van der Waals surface area contributed by atoms with E-state index in [0.29, 0.717) is 25.7 Å². The van der Waals surface area contributed by atoms with Gasteiger partial charge < -0.3 is 33.8 Å². The summed E-state index contributed by atoms with van der Waals surface area (Å²) in [5, 5.41) is 10.7. The van der Waals surface area contributed by atoms with Gasteiger partial charge in [-0.25, -0.2) is 9.13 Å². The maximum Gasteiger partial charge on any atom is 0.472 e. The Morgan fingerprint density at radius 2 is 0.449 bits per heavy atom. The van der Waals surface area contributed by atoms with Gasteiger partial charge in [0.1, 0.15) is 19.3 Å². The summed E-state index contributed by atoms with van der Waals surface area (Å²) in [6.07, 6.45) is 66.7. The molecule has 0 aromatic carbocycles. The summed E-state index contributed by atoms with van der Waals surface area (Å²) in [6, 6.07) is 0. The van der Waals surface area contributed by atoms with E-state index in [4.69, 9.17) is 37.0 Å². The lowest BCUT2D eigenvalue weighted by Crippen LogP contribution is -2.30. The van der Waals surface area contributed by atoms with Crippen molar-refractivity contribution >= 4 is 39.5 Å². The third kappa shape index (κ3) is 79.1. The molecule has 0 radical (unpaired) electrons. The molecule has 7 atom stereocenters. The van der Waals surface area contributed by atoms with Crippen molar-refractivity contribution in [3.05, 3.63) is 0 Å². The Morgan fingerprint density at radius 1 is 0.262 bits per heavy atom. The van der Waals surface area contributed by atoms with Gasteiger partial charge in [0.25, 0.3) is 0 Å². The average Bonchev–Trinajstić information content (AvgIpc) is 0.900. The molecule has 17 nitrogen and oxygen atoms in total. The zero-order chi connectivity index (χ0) is 78.8. The minimum absolute atomic E-state index is 0.105. The molecule has 0 spiro atoms. The summed E-state index contributed by atoms with van der Waals surface area (Å²) in [6.45, 7) is 14.4. The van der Waals surface area contributed by atoms with Gasteiger partial charge in [0.2, 0.25) is 0 Å². The first kappa shape index (κ1) is 105. The summed E-state index contributed by atoms with van der Waals surface area (Å²) in [5.41, 5.74) is 0. The first-order valence-corrected chi connectivity index (χ1v) is 48.3. The van der Waals surface area contributed by atoms with E-state index in [-0.39, 0.29) is 25.7 Å². The SMILES string of the molecule is CCC(C)CCCCCCCCCCCCCCCCCCCCC(=O)O[C@H](COC(=O)CCCCCCCCCCCCCCCCCCCCC(C)C)COP(=O)(O)OC[C@@H](O)COP(=O)(O)OC[C@@H](COC(=O)CCCCCCCCCCC(C)CC)OC(=O)CCCCCCCCCCCC(C)C. The van der Waals surface area contributed by atoms with Crippen molar-refractivity contribution in [1.29, 1.82) is 0 Å². The normalized spacial score (nSPS) is 14.4. The van der Waals surface area contributed by atoms with E-state index < -0.39 is 97.5 Å². The topological polar surface area (TPSA) is 237 Å². The van der Waals surface area contributed by atoms with Gasteiger partial charge in [0.05, 0.1) is 26.4 Å². The van der Waals surface area contributed by atoms with Gasteiger partial charge in [-0.05, 0) is 49.4 Å². The number of carbonyl (C=O) groups is 4. The van der Waals surface area contributed by atoms with Crippen LogP contribution < -0.4 is 0 Å². The molecule has 0 rings (SSSR count). The molecule has 0 aromatic rings. The number of aliphatic hydroxyl groups is 1. The highest BCUT2D eigenvalue weighted by Gasteiger charge is 2.31. The highest BCUT2D eigenvalue weighted by molar-refractivity contribution is 7.47. The highest BCUT2D eigenvalue weighted by atomic mass is 31.2. The van der Waals surface area contributed by atoms with E-state index in [1.54, 1.807) is 0 Å². The van der Waals surface area contributed by atoms with Crippen LogP contribution in [-0.2, 0) is 65.4 Å². The number of esters is 4. The third-order valence-electron chi connectivity index (χ3n) is 21.3. The first-order chi connectivity index (χ1) is 51.7. The van der Waals surface area contributed by atoms with Crippen molar-refractivity contribution in [1.82, 2.24) is 0 Å². The van der Waals surface area contributed by atoms with E-state index in [9.17, 15) is 43.2 Å². The van der Waals surface area contributed by atoms with Crippen LogP contribution in [-0.4, -0.2) is 96.7 Å². The van der Waals surface area contributed by atoms with E-state index in [2.05, 4.69) is 55.4 Å². The molecule has 19 heteroatoms. The number of rotatable bonds is 85. The second kappa shape index (κ2) is 76.7. The van der Waals surface area contributed by atoms with E-state index in [0.717, 1.165) is 114 Å². The summed E-state index contributed by atoms with van der Waals surface area (Å²) >= 11 is 0. The molecule has 0 saturated carbocycles. The molecule has 0 bridgehead atoms. The lowest BCUT2D eigenvalue weighted by molar-refractivity contribution is -0.161. The molecule has 0 amide bonds. The van der Waals surface area contributed by atoms with Crippen molar-refractivity contribution in [3.8, 4) is 0 Å². The van der Waals surface area contributed by atoms with Crippen molar-refractivity contribution in [2.45, 2.75) is 478 Å². The summed E-state index contributed by atoms with van der Waals surface area (Å²) < 4.78 is 68.9. The van der Waals surface area contributed by atoms with Gasteiger partial charge in [0, 0.05) is 25.7 Å². The van der Waals surface area contributed by atoms with Crippen LogP contribution in [0.3, 0.4) is 0 Å². The first-order valence-electron chi connectivity index (χ1n) is 45.3. The number of ether oxygens (including phenoxy) is 4.